The van der Waals surface area contributed by atoms with E-state index in [1.54, 1.807) is 6.20 Å². The second kappa shape index (κ2) is 3.03. The van der Waals surface area contributed by atoms with Gasteiger partial charge in [0.15, 0.2) is 0 Å². The smallest absolute Gasteiger partial charge is 0.205 e. The molecule has 0 saturated heterocycles. The van der Waals surface area contributed by atoms with Gasteiger partial charge in [0, 0.05) is 30.9 Å². The largest absolute Gasteiger partial charge is 0.461 e. The molecule has 0 spiro atoms. The van der Waals surface area contributed by atoms with Gasteiger partial charge in [-0.25, -0.2) is 0 Å². The minimum atomic E-state index is -1.40. The number of aliphatic hydroxyl groups is 1. The van der Waals surface area contributed by atoms with Crippen LogP contribution in [0.1, 0.15) is 6.92 Å². The molecule has 0 aliphatic heterocycles. The number of fused-ring (bicyclic) bond motifs is 1. The molecule has 0 amide bonds. The van der Waals surface area contributed by atoms with Gasteiger partial charge in [0.25, 0.3) is 0 Å². The van der Waals surface area contributed by atoms with Crippen LogP contribution < -0.4 is 4.74 Å². The molecular weight excluding hydrogens is 178 g/mol. The maximum atomic E-state index is 9.40. The molecule has 0 aliphatic carbocycles. The number of benzene rings is 1. The monoisotopic (exact) mass is 190 g/mol. The molecule has 2 aromatic rings. The van der Waals surface area contributed by atoms with Crippen LogP contribution in [0.4, 0.5) is 0 Å². The first-order chi connectivity index (χ1) is 6.56. The van der Waals surface area contributed by atoms with Gasteiger partial charge in [-0.3, -0.25) is 0 Å². The number of H-pyrrole nitrogens is 1. The molecule has 3 heteroatoms. The maximum absolute atomic E-state index is 9.40. The first kappa shape index (κ1) is 9.09. The molecule has 2 N–H and O–H groups in total. The zero-order chi connectivity index (χ0) is 10.2. The van der Waals surface area contributed by atoms with E-state index in [1.165, 1.54) is 6.92 Å². The Hall–Kier alpha value is -1.48. The number of aromatic amines is 1. The Morgan fingerprint density at radius 1 is 1.43 bits per heavy atom. The van der Waals surface area contributed by atoms with E-state index in [4.69, 9.17) is 4.74 Å². The zero-order valence-electron chi connectivity index (χ0n) is 7.95. The zero-order valence-corrected chi connectivity index (χ0v) is 7.95. The van der Waals surface area contributed by atoms with Crippen LogP contribution in [0, 0.1) is 6.92 Å². The quantitative estimate of drug-likeness (QED) is 0.712. The van der Waals surface area contributed by atoms with Gasteiger partial charge in [0.2, 0.25) is 5.79 Å². The molecule has 14 heavy (non-hydrogen) atoms. The lowest BCUT2D eigenvalue weighted by Gasteiger charge is -2.18. The second-order valence-corrected chi connectivity index (χ2v) is 3.48. The number of rotatable bonds is 2. The van der Waals surface area contributed by atoms with Crippen molar-refractivity contribution < 1.29 is 9.84 Å². The van der Waals surface area contributed by atoms with Gasteiger partial charge >= 0.3 is 0 Å². The summed E-state index contributed by atoms with van der Waals surface area (Å²) < 4.78 is 5.27. The Bertz CT molecular complexity index is 440. The topological polar surface area (TPSA) is 45.2 Å². The molecule has 0 bridgehead atoms. The Balaban J connectivity index is 2.44. The SMILES string of the molecule is [CH2]C(C)(O)Oc1c[nH]c2ccccc12. The first-order valence-corrected chi connectivity index (χ1v) is 4.39. The van der Waals surface area contributed by atoms with Crippen LogP contribution in [0.15, 0.2) is 30.5 Å². The van der Waals surface area contributed by atoms with E-state index in [9.17, 15) is 5.11 Å². The highest BCUT2D eigenvalue weighted by Gasteiger charge is 2.16. The molecule has 1 unspecified atom stereocenters. The van der Waals surface area contributed by atoms with Crippen LogP contribution in [0.5, 0.6) is 5.75 Å². The Labute approximate surface area is 82.3 Å². The van der Waals surface area contributed by atoms with Gasteiger partial charge < -0.3 is 14.8 Å². The molecule has 3 nitrogen and oxygen atoms in total. The molecule has 2 rings (SSSR count). The van der Waals surface area contributed by atoms with E-state index in [1.807, 2.05) is 24.3 Å². The van der Waals surface area contributed by atoms with Crippen LogP contribution in [0.25, 0.3) is 10.9 Å². The molecule has 73 valence electrons. The van der Waals surface area contributed by atoms with Gasteiger partial charge in [0.1, 0.15) is 5.75 Å². The van der Waals surface area contributed by atoms with Crippen LogP contribution in [0.3, 0.4) is 0 Å². The lowest BCUT2D eigenvalue weighted by molar-refractivity contribution is -0.0793. The molecule has 0 aliphatic rings. The molecule has 1 heterocycles. The van der Waals surface area contributed by atoms with Gasteiger partial charge in [0.05, 0.1) is 0 Å². The summed E-state index contributed by atoms with van der Waals surface area (Å²) in [5.74, 6) is -0.786. The maximum Gasteiger partial charge on any atom is 0.205 e. The predicted molar refractivity (Wildman–Crippen MR) is 54.9 cm³/mol. The van der Waals surface area contributed by atoms with E-state index >= 15 is 0 Å². The highest BCUT2D eigenvalue weighted by molar-refractivity contribution is 5.85. The fourth-order valence-corrected chi connectivity index (χ4v) is 1.37. The predicted octanol–water partition coefficient (Wildman–Crippen LogP) is 2.09. The molecular formula is C11H12NO2. The van der Waals surface area contributed by atoms with Crippen molar-refractivity contribution in [2.45, 2.75) is 12.7 Å². The van der Waals surface area contributed by atoms with Gasteiger partial charge in [-0.2, -0.15) is 0 Å². The Kier molecular flexibility index (Phi) is 1.97. The van der Waals surface area contributed by atoms with Crippen LogP contribution in [0.2, 0.25) is 0 Å². The van der Waals surface area contributed by atoms with E-state index in [-0.39, 0.29) is 0 Å². The average molecular weight is 190 g/mol. The molecule has 0 saturated carbocycles. The summed E-state index contributed by atoms with van der Waals surface area (Å²) in [7, 11) is 0. The van der Waals surface area contributed by atoms with Crippen LogP contribution >= 0.6 is 0 Å². The minimum absolute atomic E-state index is 0.612. The van der Waals surface area contributed by atoms with Crippen molar-refractivity contribution in [2.24, 2.45) is 0 Å². The summed E-state index contributed by atoms with van der Waals surface area (Å²) in [5, 5.41) is 10.3. The van der Waals surface area contributed by atoms with E-state index in [0.29, 0.717) is 5.75 Å². The van der Waals surface area contributed by atoms with Crippen molar-refractivity contribution in [3.63, 3.8) is 0 Å². The number of ether oxygens (including phenoxy) is 1. The van der Waals surface area contributed by atoms with E-state index < -0.39 is 5.79 Å². The Morgan fingerprint density at radius 2 is 2.14 bits per heavy atom. The summed E-state index contributed by atoms with van der Waals surface area (Å²) in [6, 6.07) is 7.72. The average Bonchev–Trinajstić information content (AvgIpc) is 2.47. The highest BCUT2D eigenvalue weighted by Crippen LogP contribution is 2.27. The van der Waals surface area contributed by atoms with E-state index in [0.717, 1.165) is 10.9 Å². The van der Waals surface area contributed by atoms with Crippen molar-refractivity contribution in [2.75, 3.05) is 0 Å². The van der Waals surface area contributed by atoms with Crippen molar-refractivity contribution in [3.8, 4) is 5.75 Å². The number of hydrogen-bond acceptors (Lipinski definition) is 2. The van der Waals surface area contributed by atoms with Crippen molar-refractivity contribution in [1.29, 1.82) is 0 Å². The van der Waals surface area contributed by atoms with Crippen molar-refractivity contribution in [1.82, 2.24) is 4.98 Å². The summed E-state index contributed by atoms with van der Waals surface area (Å²) in [6.07, 6.45) is 1.71. The van der Waals surface area contributed by atoms with Gasteiger partial charge in [-0.15, -0.1) is 0 Å². The number of aromatic nitrogens is 1. The normalized spacial score (nSPS) is 11.9. The standard InChI is InChI=1S/C11H12NO2/c1-11(2,13)14-10-7-12-9-6-4-3-5-8(9)10/h3-7,12-13H,1H2,2H3. The summed E-state index contributed by atoms with van der Waals surface area (Å²) >= 11 is 0. The number of nitrogens with one attached hydrogen (secondary N) is 1. The highest BCUT2D eigenvalue weighted by atomic mass is 16.6. The van der Waals surface area contributed by atoms with Crippen molar-refractivity contribution >= 4 is 10.9 Å². The summed E-state index contributed by atoms with van der Waals surface area (Å²) in [6.45, 7) is 4.97. The lowest BCUT2D eigenvalue weighted by atomic mass is 10.2. The van der Waals surface area contributed by atoms with Crippen LogP contribution in [-0.2, 0) is 0 Å². The number of hydrogen-bond donors (Lipinski definition) is 2. The lowest BCUT2D eigenvalue weighted by Crippen LogP contribution is -2.27. The van der Waals surface area contributed by atoms with E-state index in [2.05, 4.69) is 11.9 Å². The minimum Gasteiger partial charge on any atom is -0.461 e. The van der Waals surface area contributed by atoms with Crippen molar-refractivity contribution in [3.05, 3.63) is 37.4 Å². The first-order valence-electron chi connectivity index (χ1n) is 4.39. The molecule has 1 aromatic carbocycles. The molecule has 1 radical (unpaired) electrons. The third-order valence-corrected chi connectivity index (χ3v) is 1.88. The fourth-order valence-electron chi connectivity index (χ4n) is 1.37. The third kappa shape index (κ3) is 1.72. The molecule has 1 aromatic heterocycles. The summed E-state index contributed by atoms with van der Waals surface area (Å²) in [4.78, 5) is 3.05. The fraction of sp³-hybridized carbons (Fsp3) is 0.182. The Morgan fingerprint density at radius 3 is 2.86 bits per heavy atom. The molecule has 1 atom stereocenters. The summed E-state index contributed by atoms with van der Waals surface area (Å²) in [5.41, 5.74) is 0.978. The number of para-hydroxylation sites is 1. The van der Waals surface area contributed by atoms with Crippen LogP contribution in [-0.4, -0.2) is 15.9 Å². The molecule has 0 fully saturated rings. The van der Waals surface area contributed by atoms with Gasteiger partial charge in [-0.1, -0.05) is 12.1 Å². The second-order valence-electron chi connectivity index (χ2n) is 3.48. The van der Waals surface area contributed by atoms with Gasteiger partial charge in [-0.05, 0) is 12.1 Å². The third-order valence-electron chi connectivity index (χ3n) is 1.88.